The second-order valence-electron chi connectivity index (χ2n) is 4.58. The average molecular weight is 238 g/mol. The van der Waals surface area contributed by atoms with Crippen LogP contribution in [0.5, 0.6) is 0 Å². The number of nitrogens with zero attached hydrogens (tertiary/aromatic N) is 1. The summed E-state index contributed by atoms with van der Waals surface area (Å²) < 4.78 is 36.9. The van der Waals surface area contributed by atoms with Gasteiger partial charge in [-0.1, -0.05) is 6.92 Å². The van der Waals surface area contributed by atoms with Crippen molar-refractivity contribution in [2.24, 2.45) is 0 Å². The minimum Gasteiger partial charge on any atom is -0.313 e. The van der Waals surface area contributed by atoms with E-state index in [1.54, 1.807) is 4.90 Å². The zero-order valence-electron chi connectivity index (χ0n) is 9.98. The SMILES string of the molecule is CCC(C)NCCN(CC(F)(F)F)C1CC1. The van der Waals surface area contributed by atoms with Crippen LogP contribution in [0.1, 0.15) is 33.1 Å². The van der Waals surface area contributed by atoms with E-state index in [4.69, 9.17) is 0 Å². The van der Waals surface area contributed by atoms with E-state index < -0.39 is 12.7 Å². The van der Waals surface area contributed by atoms with E-state index in [-0.39, 0.29) is 6.04 Å². The van der Waals surface area contributed by atoms with Crippen molar-refractivity contribution in [1.82, 2.24) is 10.2 Å². The van der Waals surface area contributed by atoms with Crippen LogP contribution in [0.25, 0.3) is 0 Å². The summed E-state index contributed by atoms with van der Waals surface area (Å²) in [5, 5.41) is 3.22. The molecule has 1 atom stereocenters. The Kier molecular flexibility index (Phi) is 5.05. The van der Waals surface area contributed by atoms with Crippen LogP contribution in [0.3, 0.4) is 0 Å². The maximum absolute atomic E-state index is 12.3. The Bertz CT molecular complexity index is 202. The van der Waals surface area contributed by atoms with Crippen molar-refractivity contribution in [2.75, 3.05) is 19.6 Å². The molecule has 0 bridgehead atoms. The molecule has 1 rings (SSSR count). The Labute approximate surface area is 95.2 Å². The largest absolute Gasteiger partial charge is 0.401 e. The monoisotopic (exact) mass is 238 g/mol. The Morgan fingerprint density at radius 2 is 2.00 bits per heavy atom. The maximum Gasteiger partial charge on any atom is 0.401 e. The summed E-state index contributed by atoms with van der Waals surface area (Å²) in [6.45, 7) is 4.48. The van der Waals surface area contributed by atoms with Gasteiger partial charge in [0.25, 0.3) is 0 Å². The predicted octanol–water partition coefficient (Wildman–Crippen LogP) is 2.40. The summed E-state index contributed by atoms with van der Waals surface area (Å²) in [6.07, 6.45) is -1.24. The van der Waals surface area contributed by atoms with Crippen molar-refractivity contribution in [3.05, 3.63) is 0 Å². The Hall–Kier alpha value is -0.290. The lowest BCUT2D eigenvalue weighted by Gasteiger charge is -2.24. The van der Waals surface area contributed by atoms with E-state index in [0.29, 0.717) is 19.1 Å². The summed E-state index contributed by atoms with van der Waals surface area (Å²) >= 11 is 0. The number of alkyl halides is 3. The molecule has 1 aliphatic rings. The number of halogens is 3. The molecule has 96 valence electrons. The molecule has 1 aliphatic carbocycles. The van der Waals surface area contributed by atoms with Gasteiger partial charge in [-0.25, -0.2) is 0 Å². The third-order valence-electron chi connectivity index (χ3n) is 2.95. The molecule has 0 spiro atoms. The third kappa shape index (κ3) is 5.70. The highest BCUT2D eigenvalue weighted by Gasteiger charge is 2.37. The molecule has 0 aromatic carbocycles. The van der Waals surface area contributed by atoms with Crippen molar-refractivity contribution in [2.45, 2.75) is 51.4 Å². The smallest absolute Gasteiger partial charge is 0.313 e. The van der Waals surface area contributed by atoms with Crippen LogP contribution in [0.15, 0.2) is 0 Å². The quantitative estimate of drug-likeness (QED) is 0.732. The van der Waals surface area contributed by atoms with E-state index in [1.807, 2.05) is 6.92 Å². The Morgan fingerprint density at radius 3 is 2.44 bits per heavy atom. The molecule has 0 heterocycles. The molecule has 0 saturated heterocycles. The molecule has 1 fully saturated rings. The second kappa shape index (κ2) is 5.87. The lowest BCUT2D eigenvalue weighted by molar-refractivity contribution is -0.147. The van der Waals surface area contributed by atoms with Gasteiger partial charge in [0.1, 0.15) is 0 Å². The molecule has 2 nitrogen and oxygen atoms in total. The fourth-order valence-corrected chi connectivity index (χ4v) is 1.66. The van der Waals surface area contributed by atoms with E-state index >= 15 is 0 Å². The molecule has 0 amide bonds. The Morgan fingerprint density at radius 1 is 1.38 bits per heavy atom. The Balaban J connectivity index is 2.23. The van der Waals surface area contributed by atoms with Crippen LogP contribution in [0.2, 0.25) is 0 Å². The fourth-order valence-electron chi connectivity index (χ4n) is 1.66. The molecule has 0 radical (unpaired) electrons. The van der Waals surface area contributed by atoms with Crippen molar-refractivity contribution < 1.29 is 13.2 Å². The first kappa shape index (κ1) is 13.8. The van der Waals surface area contributed by atoms with Gasteiger partial charge < -0.3 is 5.32 Å². The average Bonchev–Trinajstić information content (AvgIpc) is 2.97. The minimum absolute atomic E-state index is 0.167. The first-order valence-electron chi connectivity index (χ1n) is 5.96. The van der Waals surface area contributed by atoms with Gasteiger partial charge in [0.05, 0.1) is 6.54 Å². The predicted molar refractivity (Wildman–Crippen MR) is 58.4 cm³/mol. The fraction of sp³-hybridized carbons (Fsp3) is 1.00. The van der Waals surface area contributed by atoms with Crippen LogP contribution in [0, 0.1) is 0 Å². The van der Waals surface area contributed by atoms with Gasteiger partial charge >= 0.3 is 6.18 Å². The van der Waals surface area contributed by atoms with Crippen molar-refractivity contribution >= 4 is 0 Å². The van der Waals surface area contributed by atoms with Crippen LogP contribution in [-0.2, 0) is 0 Å². The first-order chi connectivity index (χ1) is 7.42. The lowest BCUT2D eigenvalue weighted by Crippen LogP contribution is -2.41. The van der Waals surface area contributed by atoms with Crippen molar-refractivity contribution in [1.29, 1.82) is 0 Å². The van der Waals surface area contributed by atoms with Crippen LogP contribution >= 0.6 is 0 Å². The zero-order chi connectivity index (χ0) is 12.2. The second-order valence-corrected chi connectivity index (χ2v) is 4.58. The maximum atomic E-state index is 12.3. The highest BCUT2D eigenvalue weighted by atomic mass is 19.4. The molecule has 1 unspecified atom stereocenters. The molecule has 0 aliphatic heterocycles. The highest BCUT2D eigenvalue weighted by Crippen LogP contribution is 2.29. The van der Waals surface area contributed by atoms with E-state index in [9.17, 15) is 13.2 Å². The summed E-state index contributed by atoms with van der Waals surface area (Å²) in [5.74, 6) is 0. The first-order valence-corrected chi connectivity index (χ1v) is 5.96. The summed E-state index contributed by atoms with van der Waals surface area (Å²) in [4.78, 5) is 1.55. The van der Waals surface area contributed by atoms with Crippen LogP contribution in [0.4, 0.5) is 13.2 Å². The molecular weight excluding hydrogens is 217 g/mol. The van der Waals surface area contributed by atoms with Gasteiger partial charge in [-0.2, -0.15) is 13.2 Å². The van der Waals surface area contributed by atoms with Gasteiger partial charge in [0.15, 0.2) is 0 Å². The van der Waals surface area contributed by atoms with E-state index in [2.05, 4.69) is 12.2 Å². The van der Waals surface area contributed by atoms with E-state index in [1.165, 1.54) is 0 Å². The van der Waals surface area contributed by atoms with Gasteiger partial charge in [-0.05, 0) is 26.2 Å². The number of hydrogen-bond acceptors (Lipinski definition) is 2. The molecule has 1 saturated carbocycles. The van der Waals surface area contributed by atoms with Crippen molar-refractivity contribution in [3.8, 4) is 0 Å². The molecule has 1 N–H and O–H groups in total. The number of hydrogen-bond donors (Lipinski definition) is 1. The van der Waals surface area contributed by atoms with Crippen LogP contribution in [-0.4, -0.2) is 42.8 Å². The lowest BCUT2D eigenvalue weighted by atomic mass is 10.2. The van der Waals surface area contributed by atoms with Gasteiger partial charge in [-0.3, -0.25) is 4.90 Å². The molecular formula is C11H21F3N2. The minimum atomic E-state index is -4.07. The summed E-state index contributed by atoms with van der Waals surface area (Å²) in [6, 6.07) is 0.548. The van der Waals surface area contributed by atoms with Gasteiger partial charge in [-0.15, -0.1) is 0 Å². The number of nitrogens with one attached hydrogen (secondary N) is 1. The molecule has 5 heteroatoms. The highest BCUT2D eigenvalue weighted by molar-refractivity contribution is 4.86. The summed E-state index contributed by atoms with van der Waals surface area (Å²) in [5.41, 5.74) is 0. The molecule has 16 heavy (non-hydrogen) atoms. The van der Waals surface area contributed by atoms with Crippen LogP contribution < -0.4 is 5.32 Å². The third-order valence-corrected chi connectivity index (χ3v) is 2.95. The van der Waals surface area contributed by atoms with Gasteiger partial charge in [0, 0.05) is 25.2 Å². The zero-order valence-corrected chi connectivity index (χ0v) is 9.98. The topological polar surface area (TPSA) is 15.3 Å². The molecule has 0 aromatic heterocycles. The van der Waals surface area contributed by atoms with E-state index in [0.717, 1.165) is 19.3 Å². The number of rotatable bonds is 7. The normalized spacial score (nSPS) is 19.1. The summed E-state index contributed by atoms with van der Waals surface area (Å²) in [7, 11) is 0. The standard InChI is InChI=1S/C11H21F3N2/c1-3-9(2)15-6-7-16(10-4-5-10)8-11(12,13)14/h9-10,15H,3-8H2,1-2H3. The molecule has 0 aromatic rings. The van der Waals surface area contributed by atoms with Crippen molar-refractivity contribution in [3.63, 3.8) is 0 Å². The van der Waals surface area contributed by atoms with Gasteiger partial charge in [0.2, 0.25) is 0 Å².